The molecule has 0 saturated carbocycles. The van der Waals surface area contributed by atoms with E-state index in [1.165, 1.54) is 17.0 Å². The summed E-state index contributed by atoms with van der Waals surface area (Å²) in [5, 5.41) is 2.98. The number of aryl methyl sites for hydroxylation is 2. The van der Waals surface area contributed by atoms with Gasteiger partial charge in [-0.1, -0.05) is 70.4 Å². The van der Waals surface area contributed by atoms with Crippen LogP contribution in [0.5, 0.6) is 0 Å². The number of nitrogens with zero attached hydrogens (tertiary/aromatic N) is 2. The van der Waals surface area contributed by atoms with Crippen molar-refractivity contribution in [3.05, 3.63) is 94.0 Å². The molecule has 2 amide bonds. The largest absolute Gasteiger partial charge is 0.350 e. The van der Waals surface area contributed by atoms with E-state index in [-0.39, 0.29) is 17.3 Å². The molecule has 3 aromatic rings. The molecular weight excluding hydrogens is 590 g/mol. The molecule has 0 aromatic heterocycles. The maximum absolute atomic E-state index is 14.1. The normalized spacial score (nSPS) is 12.5. The van der Waals surface area contributed by atoms with Gasteiger partial charge in [0, 0.05) is 16.6 Å². The van der Waals surface area contributed by atoms with Crippen molar-refractivity contribution in [3.8, 4) is 0 Å². The molecule has 9 heteroatoms. The lowest BCUT2D eigenvalue weighted by molar-refractivity contribution is -0.141. The van der Waals surface area contributed by atoms with Crippen LogP contribution in [0, 0.1) is 13.8 Å². The molecular formula is C31H38BrN3O4S. The third-order valence-electron chi connectivity index (χ3n) is 6.36. The molecule has 0 radical (unpaired) electrons. The number of carbonyl (C=O) groups excluding carboxylic acids is 2. The number of sulfonamides is 1. The standard InChI is InChI=1S/C31H38BrN3O4S/c1-7-28(30(37)33-31(4,5)6)34(20-24-12-8-22(2)9-13-24)29(36)21-35(26-16-14-25(32)15-17-26)40(38,39)27-18-10-23(3)11-19-27/h8-19,28H,7,20-21H2,1-6H3,(H,33,37)/t28-/m0/s1. The maximum atomic E-state index is 14.1. The minimum atomic E-state index is -4.10. The van der Waals surface area contributed by atoms with Crippen molar-refractivity contribution in [2.24, 2.45) is 0 Å². The van der Waals surface area contributed by atoms with Gasteiger partial charge in [-0.25, -0.2) is 8.42 Å². The summed E-state index contributed by atoms with van der Waals surface area (Å²) in [5.41, 5.74) is 2.69. The summed E-state index contributed by atoms with van der Waals surface area (Å²) in [5.74, 6) is -0.762. The molecule has 0 fully saturated rings. The van der Waals surface area contributed by atoms with E-state index in [2.05, 4.69) is 21.2 Å². The fourth-order valence-electron chi connectivity index (χ4n) is 4.24. The second kappa shape index (κ2) is 13.0. The number of halogens is 1. The van der Waals surface area contributed by atoms with Crippen LogP contribution in [-0.4, -0.2) is 43.3 Å². The van der Waals surface area contributed by atoms with Gasteiger partial charge in [0.05, 0.1) is 10.6 Å². The van der Waals surface area contributed by atoms with E-state index in [0.717, 1.165) is 25.5 Å². The van der Waals surface area contributed by atoms with E-state index in [4.69, 9.17) is 0 Å². The summed E-state index contributed by atoms with van der Waals surface area (Å²) < 4.78 is 29.7. The average Bonchev–Trinajstić information content (AvgIpc) is 2.88. The first kappa shape index (κ1) is 31.4. The number of carbonyl (C=O) groups is 2. The molecule has 3 aromatic carbocycles. The molecule has 0 saturated heterocycles. The van der Waals surface area contributed by atoms with Crippen molar-refractivity contribution in [2.75, 3.05) is 10.8 Å². The van der Waals surface area contributed by atoms with Gasteiger partial charge in [-0.05, 0) is 83.0 Å². The van der Waals surface area contributed by atoms with Crippen molar-refractivity contribution in [1.82, 2.24) is 10.2 Å². The third-order valence-corrected chi connectivity index (χ3v) is 8.68. The van der Waals surface area contributed by atoms with Crippen LogP contribution in [-0.2, 0) is 26.2 Å². The van der Waals surface area contributed by atoms with Crippen LogP contribution in [0.15, 0.2) is 82.2 Å². The molecule has 1 N–H and O–H groups in total. The van der Waals surface area contributed by atoms with Gasteiger partial charge in [0.15, 0.2) is 0 Å². The lowest BCUT2D eigenvalue weighted by Crippen LogP contribution is -2.55. The number of hydrogen-bond donors (Lipinski definition) is 1. The van der Waals surface area contributed by atoms with Gasteiger partial charge < -0.3 is 10.2 Å². The third kappa shape index (κ3) is 8.17. The van der Waals surface area contributed by atoms with Crippen molar-refractivity contribution in [3.63, 3.8) is 0 Å². The SMILES string of the molecule is CC[C@@H](C(=O)NC(C)(C)C)N(Cc1ccc(C)cc1)C(=O)CN(c1ccc(Br)cc1)S(=O)(=O)c1ccc(C)cc1. The first-order chi connectivity index (χ1) is 18.7. The number of hydrogen-bond acceptors (Lipinski definition) is 4. The second-order valence-electron chi connectivity index (χ2n) is 11.0. The Kier molecular flexibility index (Phi) is 10.2. The summed E-state index contributed by atoms with van der Waals surface area (Å²) >= 11 is 3.39. The highest BCUT2D eigenvalue weighted by atomic mass is 79.9. The maximum Gasteiger partial charge on any atom is 0.264 e. The zero-order chi connectivity index (χ0) is 29.7. The molecule has 0 aliphatic carbocycles. The molecule has 214 valence electrons. The van der Waals surface area contributed by atoms with Gasteiger partial charge >= 0.3 is 0 Å². The first-order valence-corrected chi connectivity index (χ1v) is 15.5. The van der Waals surface area contributed by atoms with Gasteiger partial charge in [0.25, 0.3) is 10.0 Å². The smallest absolute Gasteiger partial charge is 0.264 e. The van der Waals surface area contributed by atoms with Gasteiger partial charge in [-0.2, -0.15) is 0 Å². The van der Waals surface area contributed by atoms with Crippen LogP contribution < -0.4 is 9.62 Å². The monoisotopic (exact) mass is 627 g/mol. The predicted octanol–water partition coefficient (Wildman–Crippen LogP) is 5.98. The quantitative estimate of drug-likeness (QED) is 0.299. The summed E-state index contributed by atoms with van der Waals surface area (Å²) in [7, 11) is -4.10. The van der Waals surface area contributed by atoms with Gasteiger partial charge in [0.1, 0.15) is 12.6 Å². The highest BCUT2D eigenvalue weighted by Crippen LogP contribution is 2.26. The van der Waals surface area contributed by atoms with Gasteiger partial charge in [0.2, 0.25) is 11.8 Å². The molecule has 3 rings (SSSR count). The fraction of sp³-hybridized carbons (Fsp3) is 0.355. The highest BCUT2D eigenvalue weighted by Gasteiger charge is 2.34. The number of nitrogens with one attached hydrogen (secondary N) is 1. The average molecular weight is 629 g/mol. The van der Waals surface area contributed by atoms with Crippen LogP contribution in [0.3, 0.4) is 0 Å². The van der Waals surface area contributed by atoms with Crippen LogP contribution in [0.25, 0.3) is 0 Å². The summed E-state index contributed by atoms with van der Waals surface area (Å²) in [6.45, 7) is 11.0. The van der Waals surface area contributed by atoms with E-state index in [1.54, 1.807) is 36.4 Å². The molecule has 0 aliphatic rings. The summed E-state index contributed by atoms with van der Waals surface area (Å²) in [6, 6.07) is 20.2. The zero-order valence-electron chi connectivity index (χ0n) is 23.9. The van der Waals surface area contributed by atoms with E-state index < -0.39 is 34.1 Å². The molecule has 40 heavy (non-hydrogen) atoms. The number of benzene rings is 3. The minimum absolute atomic E-state index is 0.0800. The highest BCUT2D eigenvalue weighted by molar-refractivity contribution is 9.10. The molecule has 7 nitrogen and oxygen atoms in total. The van der Waals surface area contributed by atoms with Gasteiger partial charge in [-0.15, -0.1) is 0 Å². The number of rotatable bonds is 10. The van der Waals surface area contributed by atoms with E-state index >= 15 is 0 Å². The van der Waals surface area contributed by atoms with Crippen molar-refractivity contribution in [2.45, 2.75) is 71.0 Å². The minimum Gasteiger partial charge on any atom is -0.350 e. The topological polar surface area (TPSA) is 86.8 Å². The Morgan fingerprint density at radius 3 is 1.90 bits per heavy atom. The number of amides is 2. The Morgan fingerprint density at radius 1 is 0.875 bits per heavy atom. The van der Waals surface area contributed by atoms with Crippen molar-refractivity contribution in [1.29, 1.82) is 0 Å². The Balaban J connectivity index is 2.06. The second-order valence-corrected chi connectivity index (χ2v) is 13.7. The van der Waals surface area contributed by atoms with Crippen molar-refractivity contribution >= 4 is 43.5 Å². The summed E-state index contributed by atoms with van der Waals surface area (Å²) in [6.07, 6.45) is 0.364. The lowest BCUT2D eigenvalue weighted by Gasteiger charge is -2.34. The van der Waals surface area contributed by atoms with E-state index in [9.17, 15) is 18.0 Å². The summed E-state index contributed by atoms with van der Waals surface area (Å²) in [4.78, 5) is 29.0. The zero-order valence-corrected chi connectivity index (χ0v) is 26.3. The Morgan fingerprint density at radius 2 is 1.40 bits per heavy atom. The fourth-order valence-corrected chi connectivity index (χ4v) is 5.91. The predicted molar refractivity (Wildman–Crippen MR) is 164 cm³/mol. The van der Waals surface area contributed by atoms with Crippen LogP contribution in [0.2, 0.25) is 0 Å². The Labute approximate surface area is 246 Å². The molecule has 0 aliphatic heterocycles. The molecule has 0 heterocycles. The Hall–Kier alpha value is -3.17. The van der Waals surface area contributed by atoms with E-state index in [0.29, 0.717) is 12.1 Å². The van der Waals surface area contributed by atoms with Crippen molar-refractivity contribution < 1.29 is 18.0 Å². The Bertz CT molecular complexity index is 1420. The van der Waals surface area contributed by atoms with Gasteiger partial charge in [-0.3, -0.25) is 13.9 Å². The van der Waals surface area contributed by atoms with E-state index in [1.807, 2.05) is 65.8 Å². The van der Waals surface area contributed by atoms with Crippen LogP contribution >= 0.6 is 15.9 Å². The first-order valence-electron chi connectivity index (χ1n) is 13.2. The van der Waals surface area contributed by atoms with Crippen LogP contribution in [0.4, 0.5) is 5.69 Å². The molecule has 0 spiro atoms. The molecule has 1 atom stereocenters. The lowest BCUT2D eigenvalue weighted by atomic mass is 10.1. The van der Waals surface area contributed by atoms with Crippen LogP contribution in [0.1, 0.15) is 50.8 Å². The molecule has 0 unspecified atom stereocenters. The molecule has 0 bridgehead atoms. The number of anilines is 1.